The van der Waals surface area contributed by atoms with E-state index in [9.17, 15) is 16.8 Å². The summed E-state index contributed by atoms with van der Waals surface area (Å²) < 4.78 is 57.3. The van der Waals surface area contributed by atoms with Crippen molar-refractivity contribution in [2.24, 2.45) is 0 Å². The molecule has 1 aliphatic heterocycles. The van der Waals surface area contributed by atoms with Crippen LogP contribution in [0.15, 0.2) is 0 Å². The van der Waals surface area contributed by atoms with Gasteiger partial charge in [0.1, 0.15) is 0 Å². The smallest absolute Gasteiger partial charge is 0.528 e. The molecule has 1 rings (SSSR count). The van der Waals surface area contributed by atoms with Crippen molar-refractivity contribution >= 4 is 27.1 Å². The third kappa shape index (κ3) is 5.65. The molecule has 0 unspecified atom stereocenters. The zero-order valence-electron chi connectivity index (χ0n) is 9.17. The van der Waals surface area contributed by atoms with Crippen LogP contribution in [-0.4, -0.2) is 49.4 Å². The quantitative estimate of drug-likeness (QED) is 0.504. The summed E-state index contributed by atoms with van der Waals surface area (Å²) in [6.07, 6.45) is 1.54. The first-order valence-corrected chi connectivity index (χ1v) is 7.59. The van der Waals surface area contributed by atoms with Crippen LogP contribution in [0.1, 0.15) is 0 Å². The molecule has 90 valence electrons. The van der Waals surface area contributed by atoms with Crippen molar-refractivity contribution in [2.45, 2.75) is 0 Å². The van der Waals surface area contributed by atoms with Crippen molar-refractivity contribution in [3.63, 3.8) is 0 Å². The van der Waals surface area contributed by atoms with Crippen LogP contribution in [0.25, 0.3) is 0 Å². The van der Waals surface area contributed by atoms with E-state index in [-0.39, 0.29) is 32.0 Å². The summed E-state index contributed by atoms with van der Waals surface area (Å²) in [7, 11) is -7.78. The zero-order valence-corrected chi connectivity index (χ0v) is 10.8. The maximum absolute atomic E-state index is 10.9. The van der Waals surface area contributed by atoms with E-state index in [1.54, 1.807) is 0 Å². The van der Waals surface area contributed by atoms with Crippen LogP contribution in [0, 0.1) is 0 Å². The van der Waals surface area contributed by atoms with Gasteiger partial charge in [-0.25, -0.2) is 16.8 Å². The molecule has 1 fully saturated rings. The largest absolute Gasteiger partial charge is 1.00 e. The van der Waals surface area contributed by atoms with E-state index in [2.05, 4.69) is 13.4 Å². The van der Waals surface area contributed by atoms with E-state index in [0.717, 1.165) is 12.5 Å². The molecule has 8 nitrogen and oxygen atoms in total. The molecule has 0 aromatic heterocycles. The van der Waals surface area contributed by atoms with Crippen LogP contribution in [-0.2, 0) is 33.1 Å². The number of nitrogens with one attached hydrogen (secondary N) is 1. The Kier molecular flexibility index (Phi) is 5.50. The van der Waals surface area contributed by atoms with Gasteiger partial charge in [-0.1, -0.05) is 0 Å². The second-order valence-corrected chi connectivity index (χ2v) is 6.27. The van der Waals surface area contributed by atoms with Crippen molar-refractivity contribution in [1.82, 2.24) is 5.23 Å². The van der Waals surface area contributed by atoms with Crippen LogP contribution in [0.5, 0.6) is 0 Å². The molecule has 0 aliphatic carbocycles. The summed E-state index contributed by atoms with van der Waals surface area (Å²) in [5.74, 6) is 0. The van der Waals surface area contributed by atoms with E-state index in [1.807, 2.05) is 0 Å². The number of hydrogen-bond donors (Lipinski definition) is 1. The zero-order chi connectivity index (χ0) is 11.7. The Balaban J connectivity index is 0.00000225. The molecule has 12 heteroatoms. The van der Waals surface area contributed by atoms with Gasteiger partial charge < -0.3 is 18.1 Å². The monoisotopic (exact) mass is 267 g/mol. The van der Waals surface area contributed by atoms with Gasteiger partial charge in [0.25, 0.3) is 0 Å². The summed E-state index contributed by atoms with van der Waals surface area (Å²) in [5.41, 5.74) is 0. The minimum Gasteiger partial charge on any atom is -0.528 e. The first-order valence-electron chi connectivity index (χ1n) is 3.95. The summed E-state index contributed by atoms with van der Waals surface area (Å²) >= 11 is 0. The first kappa shape index (κ1) is 16.4. The molecule has 0 aromatic rings. The maximum Gasteiger partial charge on any atom is 1.00 e. The summed E-state index contributed by atoms with van der Waals surface area (Å²) in [4.78, 5) is 0. The van der Waals surface area contributed by atoms with Crippen molar-refractivity contribution < 1.29 is 48.6 Å². The van der Waals surface area contributed by atoms with Gasteiger partial charge in [0.05, 0.1) is 12.5 Å². The Hall–Kier alpha value is 0.402. The molecule has 1 N–H and O–H groups in total. The SMILES string of the molecule is CS(=O)(=O)O[B-]1(OS(C)(=O)=O)NCCO1.[Li+]. The molecule has 1 aliphatic rings. The molecule has 0 atom stereocenters. The van der Waals surface area contributed by atoms with Crippen LogP contribution < -0.4 is 24.1 Å². The van der Waals surface area contributed by atoms with Crippen molar-refractivity contribution in [2.75, 3.05) is 25.7 Å². The van der Waals surface area contributed by atoms with E-state index in [1.165, 1.54) is 0 Å². The van der Waals surface area contributed by atoms with Gasteiger partial charge in [0, 0.05) is 6.61 Å². The van der Waals surface area contributed by atoms with Crippen molar-refractivity contribution in [3.05, 3.63) is 0 Å². The molecule has 0 aromatic carbocycles. The average Bonchev–Trinajstić information content (AvgIpc) is 2.27. The molecular weight excluding hydrogens is 256 g/mol. The first-order chi connectivity index (χ1) is 6.62. The molecule has 16 heavy (non-hydrogen) atoms. The topological polar surface area (TPSA) is 108 Å². The van der Waals surface area contributed by atoms with E-state index < -0.39 is 27.1 Å². The summed E-state index contributed by atoms with van der Waals surface area (Å²) in [5, 5.41) is 2.42. The van der Waals surface area contributed by atoms with Crippen molar-refractivity contribution in [3.8, 4) is 0 Å². The van der Waals surface area contributed by atoms with Gasteiger partial charge in [-0.05, 0) is 6.54 Å². The Morgan fingerprint density at radius 2 is 1.56 bits per heavy atom. The fraction of sp³-hybridized carbons (Fsp3) is 1.00. The Bertz CT molecular complexity index is 391. The van der Waals surface area contributed by atoms with Gasteiger partial charge in [0.15, 0.2) is 0 Å². The number of rotatable bonds is 4. The summed E-state index contributed by atoms with van der Waals surface area (Å²) in [6.45, 7) is -2.62. The maximum atomic E-state index is 10.9. The second-order valence-electron chi connectivity index (χ2n) is 3.07. The van der Waals surface area contributed by atoms with Crippen molar-refractivity contribution in [1.29, 1.82) is 0 Å². The van der Waals surface area contributed by atoms with E-state index >= 15 is 0 Å². The molecule has 0 amide bonds. The molecule has 0 saturated carbocycles. The molecular formula is C4H11BLiNO7S2. The van der Waals surface area contributed by atoms with Gasteiger partial charge in [0.2, 0.25) is 20.2 Å². The molecule has 0 bridgehead atoms. The summed E-state index contributed by atoms with van der Waals surface area (Å²) in [6, 6.07) is 0. The van der Waals surface area contributed by atoms with Crippen LogP contribution in [0.4, 0.5) is 0 Å². The standard InChI is InChI=1S/C4H11BNO7S2.Li/c1-14(7,8)12-5(6-3-4-11-5)13-15(2,9)10;/h6H,3-4H2,1-2H3;/q-1;+1. The van der Waals surface area contributed by atoms with Gasteiger partial charge in [-0.15, -0.1) is 0 Å². The van der Waals surface area contributed by atoms with E-state index in [4.69, 9.17) is 4.65 Å². The van der Waals surface area contributed by atoms with Crippen LogP contribution in [0.3, 0.4) is 0 Å². The second kappa shape index (κ2) is 5.37. The molecule has 1 heterocycles. The third-order valence-corrected chi connectivity index (χ3v) is 2.64. The fourth-order valence-corrected chi connectivity index (χ4v) is 2.40. The van der Waals surface area contributed by atoms with Gasteiger partial charge in [-0.3, -0.25) is 0 Å². The Labute approximate surface area is 106 Å². The third-order valence-electron chi connectivity index (χ3n) is 1.44. The molecule has 0 spiro atoms. The van der Waals surface area contributed by atoms with Crippen LogP contribution in [0.2, 0.25) is 0 Å². The predicted octanol–water partition coefficient (Wildman–Crippen LogP) is -5.00. The molecule has 1 saturated heterocycles. The van der Waals surface area contributed by atoms with E-state index in [0.29, 0.717) is 0 Å². The van der Waals surface area contributed by atoms with Gasteiger partial charge >= 0.3 is 25.7 Å². The molecule has 0 radical (unpaired) electrons. The number of hydrogen-bond acceptors (Lipinski definition) is 8. The fourth-order valence-electron chi connectivity index (χ4n) is 1.11. The normalized spacial score (nSPS) is 20.4. The predicted molar refractivity (Wildman–Crippen MR) is 51.6 cm³/mol. The van der Waals surface area contributed by atoms with Crippen LogP contribution >= 0.6 is 0 Å². The average molecular weight is 267 g/mol. The minimum atomic E-state index is -3.89. The van der Waals surface area contributed by atoms with Gasteiger partial charge in [-0.2, -0.15) is 0 Å². The Morgan fingerprint density at radius 1 is 1.12 bits per heavy atom. The Morgan fingerprint density at radius 3 is 1.81 bits per heavy atom. The minimum absolute atomic E-state index is 0.